The largest absolute Gasteiger partial charge is 0.497 e. The molecule has 32 heavy (non-hydrogen) atoms. The Labute approximate surface area is 190 Å². The number of carbonyl (C=O) groups excluding carboxylic acids is 1. The fourth-order valence-electron chi connectivity index (χ4n) is 4.63. The van der Waals surface area contributed by atoms with E-state index >= 15 is 0 Å². The lowest BCUT2D eigenvalue weighted by Gasteiger charge is -2.28. The van der Waals surface area contributed by atoms with Gasteiger partial charge < -0.3 is 19.5 Å². The highest BCUT2D eigenvalue weighted by atomic mass is 16.5. The smallest absolute Gasteiger partial charge is 0.234 e. The molecule has 2 aromatic rings. The predicted molar refractivity (Wildman–Crippen MR) is 124 cm³/mol. The Morgan fingerprint density at radius 1 is 1.09 bits per heavy atom. The molecule has 6 heteroatoms. The Morgan fingerprint density at radius 3 is 2.56 bits per heavy atom. The van der Waals surface area contributed by atoms with Crippen molar-refractivity contribution in [1.29, 1.82) is 0 Å². The van der Waals surface area contributed by atoms with E-state index in [0.717, 1.165) is 48.6 Å². The second kappa shape index (κ2) is 10.3. The van der Waals surface area contributed by atoms with Gasteiger partial charge in [-0.05, 0) is 60.7 Å². The molecule has 2 aliphatic rings. The first-order valence-electron chi connectivity index (χ1n) is 11.6. The van der Waals surface area contributed by atoms with Gasteiger partial charge in [0.1, 0.15) is 5.75 Å². The third-order valence-electron chi connectivity index (χ3n) is 6.32. The van der Waals surface area contributed by atoms with Gasteiger partial charge in [0, 0.05) is 12.5 Å². The molecule has 1 amide bonds. The number of hydrogen-bond acceptors (Lipinski definition) is 5. The van der Waals surface area contributed by atoms with Crippen LogP contribution in [0.5, 0.6) is 17.2 Å². The van der Waals surface area contributed by atoms with Gasteiger partial charge in [-0.3, -0.25) is 9.69 Å². The van der Waals surface area contributed by atoms with Crippen molar-refractivity contribution in [3.05, 3.63) is 53.6 Å². The van der Waals surface area contributed by atoms with E-state index < -0.39 is 0 Å². The fraction of sp³-hybridized carbons (Fsp3) is 0.500. The molecule has 0 aliphatic carbocycles. The van der Waals surface area contributed by atoms with E-state index in [0.29, 0.717) is 19.8 Å². The summed E-state index contributed by atoms with van der Waals surface area (Å²) in [6.45, 7) is 6.93. The van der Waals surface area contributed by atoms with E-state index in [-0.39, 0.29) is 23.9 Å². The zero-order valence-electron chi connectivity index (χ0n) is 19.3. The molecule has 2 heterocycles. The molecule has 2 atom stereocenters. The maximum atomic E-state index is 13.0. The summed E-state index contributed by atoms with van der Waals surface area (Å²) in [4.78, 5) is 15.3. The van der Waals surface area contributed by atoms with Crippen LogP contribution in [0.1, 0.15) is 56.3 Å². The molecule has 0 aromatic heterocycles. The summed E-state index contributed by atoms with van der Waals surface area (Å²) >= 11 is 0. The van der Waals surface area contributed by atoms with Gasteiger partial charge in [-0.15, -0.1) is 0 Å². The SMILES string of the molecule is COc1ccc([C@@H](NC(=O)CN2CCC[C@@H]2c2ccc3c(c2)OCCCO3)C(C)C)cc1. The van der Waals surface area contributed by atoms with Crippen molar-refractivity contribution in [2.24, 2.45) is 5.92 Å². The molecule has 1 fully saturated rings. The molecule has 172 valence electrons. The number of likely N-dealkylation sites (tertiary alicyclic amines) is 1. The average molecular weight is 439 g/mol. The summed E-state index contributed by atoms with van der Waals surface area (Å²) in [5.74, 6) is 2.78. The van der Waals surface area contributed by atoms with Crippen LogP contribution in [-0.2, 0) is 4.79 Å². The first-order valence-corrected chi connectivity index (χ1v) is 11.6. The van der Waals surface area contributed by atoms with Gasteiger partial charge in [-0.25, -0.2) is 0 Å². The number of methoxy groups -OCH3 is 1. The zero-order valence-corrected chi connectivity index (χ0v) is 19.3. The number of rotatable bonds is 7. The number of hydrogen-bond donors (Lipinski definition) is 1. The molecular formula is C26H34N2O4. The highest BCUT2D eigenvalue weighted by Gasteiger charge is 2.29. The molecule has 0 spiro atoms. The number of nitrogens with one attached hydrogen (secondary N) is 1. The number of carbonyl (C=O) groups is 1. The minimum absolute atomic E-state index is 0.0347. The summed E-state index contributed by atoms with van der Waals surface area (Å²) in [5, 5.41) is 3.26. The summed E-state index contributed by atoms with van der Waals surface area (Å²) < 4.78 is 16.9. The number of amides is 1. The monoisotopic (exact) mass is 438 g/mol. The lowest BCUT2D eigenvalue weighted by Crippen LogP contribution is -2.40. The molecule has 6 nitrogen and oxygen atoms in total. The van der Waals surface area contributed by atoms with Crippen molar-refractivity contribution >= 4 is 5.91 Å². The van der Waals surface area contributed by atoms with Crippen LogP contribution in [0.4, 0.5) is 0 Å². The highest BCUT2D eigenvalue weighted by molar-refractivity contribution is 5.78. The lowest BCUT2D eigenvalue weighted by atomic mass is 9.96. The van der Waals surface area contributed by atoms with Gasteiger partial charge in [0.2, 0.25) is 5.91 Å². The van der Waals surface area contributed by atoms with E-state index in [4.69, 9.17) is 14.2 Å². The number of benzene rings is 2. The third kappa shape index (κ3) is 5.18. The van der Waals surface area contributed by atoms with Gasteiger partial charge in [0.05, 0.1) is 32.9 Å². The molecular weight excluding hydrogens is 404 g/mol. The first kappa shape index (κ1) is 22.5. The van der Waals surface area contributed by atoms with Gasteiger partial charge in [-0.2, -0.15) is 0 Å². The lowest BCUT2D eigenvalue weighted by molar-refractivity contribution is -0.123. The van der Waals surface area contributed by atoms with Crippen LogP contribution in [0, 0.1) is 5.92 Å². The third-order valence-corrected chi connectivity index (χ3v) is 6.32. The van der Waals surface area contributed by atoms with Crippen LogP contribution >= 0.6 is 0 Å². The van der Waals surface area contributed by atoms with Crippen molar-refractivity contribution in [3.63, 3.8) is 0 Å². The molecule has 0 unspecified atom stereocenters. The van der Waals surface area contributed by atoms with Gasteiger partial charge in [0.15, 0.2) is 11.5 Å². The van der Waals surface area contributed by atoms with E-state index in [2.05, 4.69) is 36.2 Å². The Bertz CT molecular complexity index is 913. The number of ether oxygens (including phenoxy) is 3. The Balaban J connectivity index is 1.43. The van der Waals surface area contributed by atoms with Crippen LogP contribution in [0.3, 0.4) is 0 Å². The maximum absolute atomic E-state index is 13.0. The van der Waals surface area contributed by atoms with E-state index in [1.54, 1.807) is 7.11 Å². The standard InChI is InChI=1S/C26H34N2O4/c1-18(2)26(19-7-10-21(30-3)11-8-19)27-25(29)17-28-13-4-6-22(28)20-9-12-23-24(16-20)32-15-5-14-31-23/h7-12,16,18,22,26H,4-6,13-15,17H2,1-3H3,(H,27,29)/t22-,26+/m1/s1. The topological polar surface area (TPSA) is 60.0 Å². The predicted octanol–water partition coefficient (Wildman–Crippen LogP) is 4.51. The van der Waals surface area contributed by atoms with Gasteiger partial charge in [0.25, 0.3) is 0 Å². The van der Waals surface area contributed by atoms with Gasteiger partial charge >= 0.3 is 0 Å². The molecule has 0 bridgehead atoms. The van der Waals surface area contributed by atoms with E-state index in [9.17, 15) is 4.79 Å². The summed E-state index contributed by atoms with van der Waals surface area (Å²) in [7, 11) is 1.66. The van der Waals surface area contributed by atoms with Crippen molar-refractivity contribution in [3.8, 4) is 17.2 Å². The van der Waals surface area contributed by atoms with Crippen LogP contribution in [0.15, 0.2) is 42.5 Å². The van der Waals surface area contributed by atoms with Crippen molar-refractivity contribution in [2.75, 3.05) is 33.4 Å². The first-order chi connectivity index (χ1) is 15.5. The molecule has 4 rings (SSSR count). The van der Waals surface area contributed by atoms with E-state index in [1.165, 1.54) is 5.56 Å². The highest BCUT2D eigenvalue weighted by Crippen LogP contribution is 2.37. The normalized spacial score (nSPS) is 19.4. The maximum Gasteiger partial charge on any atom is 0.234 e. The zero-order chi connectivity index (χ0) is 22.5. The summed E-state index contributed by atoms with van der Waals surface area (Å²) in [6, 6.07) is 14.3. The molecule has 1 saturated heterocycles. The molecule has 0 radical (unpaired) electrons. The average Bonchev–Trinajstić information content (AvgIpc) is 3.12. The van der Waals surface area contributed by atoms with Crippen LogP contribution < -0.4 is 19.5 Å². The number of nitrogens with zero attached hydrogens (tertiary/aromatic N) is 1. The second-order valence-electron chi connectivity index (χ2n) is 8.95. The fourth-order valence-corrected chi connectivity index (χ4v) is 4.63. The summed E-state index contributed by atoms with van der Waals surface area (Å²) in [5.41, 5.74) is 2.28. The molecule has 2 aromatic carbocycles. The Hall–Kier alpha value is -2.73. The minimum atomic E-state index is -0.0347. The van der Waals surface area contributed by atoms with Crippen molar-refractivity contribution in [2.45, 2.75) is 45.2 Å². The van der Waals surface area contributed by atoms with Crippen molar-refractivity contribution < 1.29 is 19.0 Å². The Morgan fingerprint density at radius 2 is 1.84 bits per heavy atom. The Kier molecular flexibility index (Phi) is 7.20. The minimum Gasteiger partial charge on any atom is -0.497 e. The number of fused-ring (bicyclic) bond motifs is 1. The quantitative estimate of drug-likeness (QED) is 0.689. The van der Waals surface area contributed by atoms with Crippen LogP contribution in [0.25, 0.3) is 0 Å². The van der Waals surface area contributed by atoms with Crippen LogP contribution in [0.2, 0.25) is 0 Å². The van der Waals surface area contributed by atoms with Crippen molar-refractivity contribution in [1.82, 2.24) is 10.2 Å². The second-order valence-corrected chi connectivity index (χ2v) is 8.95. The molecule has 2 aliphatic heterocycles. The molecule has 0 saturated carbocycles. The van der Waals surface area contributed by atoms with E-state index in [1.807, 2.05) is 30.3 Å². The molecule has 1 N–H and O–H groups in total. The van der Waals surface area contributed by atoms with Crippen LogP contribution in [-0.4, -0.2) is 44.2 Å². The van der Waals surface area contributed by atoms with Gasteiger partial charge in [-0.1, -0.05) is 32.0 Å². The summed E-state index contributed by atoms with van der Waals surface area (Å²) in [6.07, 6.45) is 3.02.